The van der Waals surface area contributed by atoms with Gasteiger partial charge in [0.1, 0.15) is 0 Å². The molecule has 1 amide bonds. The van der Waals surface area contributed by atoms with Crippen molar-refractivity contribution in [1.29, 1.82) is 0 Å². The molecule has 1 fully saturated rings. The number of hydrogen-bond acceptors (Lipinski definition) is 2. The number of hydrogen-bond donors (Lipinski definition) is 0. The average molecular weight is 359 g/mol. The van der Waals surface area contributed by atoms with Crippen molar-refractivity contribution in [2.75, 3.05) is 31.1 Å². The zero-order valence-corrected chi connectivity index (χ0v) is 14.2. The minimum absolute atomic E-state index is 0.128. The van der Waals surface area contributed by atoms with Gasteiger partial charge in [0, 0.05) is 36.2 Å². The lowest BCUT2D eigenvalue weighted by atomic mass is 10.1. The van der Waals surface area contributed by atoms with Gasteiger partial charge in [0.2, 0.25) is 0 Å². The summed E-state index contributed by atoms with van der Waals surface area (Å²) in [7, 11) is 0. The van der Waals surface area contributed by atoms with Crippen LogP contribution < -0.4 is 4.90 Å². The molecule has 0 N–H and O–H groups in total. The third-order valence-corrected chi connectivity index (χ3v) is 4.67. The van der Waals surface area contributed by atoms with E-state index in [1.165, 1.54) is 11.3 Å². The van der Waals surface area contributed by atoms with Crippen LogP contribution in [0.1, 0.15) is 15.9 Å². The number of rotatable bonds is 2. The van der Waals surface area contributed by atoms with Crippen LogP contribution in [0.25, 0.3) is 0 Å². The van der Waals surface area contributed by atoms with Gasteiger partial charge >= 0.3 is 0 Å². The molecule has 1 aliphatic heterocycles. The van der Waals surface area contributed by atoms with Gasteiger partial charge in [-0.05, 0) is 52.7 Å². The number of halogens is 1. The molecule has 0 spiro atoms. The van der Waals surface area contributed by atoms with E-state index in [0.29, 0.717) is 0 Å². The fourth-order valence-corrected chi connectivity index (χ4v) is 3.53. The largest absolute Gasteiger partial charge is 0.367 e. The zero-order chi connectivity index (χ0) is 15.5. The van der Waals surface area contributed by atoms with E-state index in [9.17, 15) is 4.79 Å². The second kappa shape index (κ2) is 6.53. The Kier molecular flexibility index (Phi) is 4.48. The number of piperazine rings is 1. The van der Waals surface area contributed by atoms with E-state index in [0.717, 1.165) is 36.2 Å². The Hall–Kier alpha value is -1.81. The van der Waals surface area contributed by atoms with Gasteiger partial charge in [0.05, 0.1) is 5.69 Å². The molecule has 4 heteroatoms. The van der Waals surface area contributed by atoms with Crippen LogP contribution in [-0.4, -0.2) is 37.0 Å². The van der Waals surface area contributed by atoms with Gasteiger partial charge in [0.15, 0.2) is 0 Å². The van der Waals surface area contributed by atoms with E-state index in [2.05, 4.69) is 46.0 Å². The van der Waals surface area contributed by atoms with Gasteiger partial charge in [-0.15, -0.1) is 0 Å². The number of amides is 1. The molecule has 0 atom stereocenters. The second-order valence-corrected chi connectivity index (χ2v) is 6.45. The van der Waals surface area contributed by atoms with Crippen LogP contribution in [0.3, 0.4) is 0 Å². The summed E-state index contributed by atoms with van der Waals surface area (Å²) in [6.45, 7) is 5.33. The Balaban J connectivity index is 1.66. The lowest BCUT2D eigenvalue weighted by Crippen LogP contribution is -2.48. The highest BCUT2D eigenvalue weighted by atomic mass is 79.9. The number of benzene rings is 2. The minimum atomic E-state index is 0.128. The van der Waals surface area contributed by atoms with Crippen LogP contribution in [0.2, 0.25) is 0 Å². The van der Waals surface area contributed by atoms with E-state index in [1.807, 2.05) is 35.2 Å². The molecule has 0 radical (unpaired) electrons. The monoisotopic (exact) mass is 358 g/mol. The maximum Gasteiger partial charge on any atom is 0.253 e. The van der Waals surface area contributed by atoms with Crippen molar-refractivity contribution in [1.82, 2.24) is 4.90 Å². The summed E-state index contributed by atoms with van der Waals surface area (Å²) < 4.78 is 1.12. The van der Waals surface area contributed by atoms with E-state index < -0.39 is 0 Å². The molecule has 0 aliphatic carbocycles. The zero-order valence-electron chi connectivity index (χ0n) is 12.6. The van der Waals surface area contributed by atoms with Crippen molar-refractivity contribution < 1.29 is 4.79 Å². The van der Waals surface area contributed by atoms with Crippen molar-refractivity contribution in [2.45, 2.75) is 6.92 Å². The summed E-state index contributed by atoms with van der Waals surface area (Å²) in [6.07, 6.45) is 0. The molecular formula is C18H19BrN2O. The van der Waals surface area contributed by atoms with Crippen molar-refractivity contribution >= 4 is 27.5 Å². The van der Waals surface area contributed by atoms with Gasteiger partial charge in [-0.2, -0.15) is 0 Å². The molecule has 0 bridgehead atoms. The van der Waals surface area contributed by atoms with E-state index in [-0.39, 0.29) is 5.91 Å². The number of anilines is 1. The summed E-state index contributed by atoms with van der Waals surface area (Å²) in [6, 6.07) is 15.9. The lowest BCUT2D eigenvalue weighted by molar-refractivity contribution is 0.0747. The summed E-state index contributed by atoms with van der Waals surface area (Å²) in [5.41, 5.74) is 3.22. The first-order valence-corrected chi connectivity index (χ1v) is 8.30. The molecule has 3 nitrogen and oxygen atoms in total. The maximum atomic E-state index is 12.5. The molecule has 1 heterocycles. The summed E-state index contributed by atoms with van der Waals surface area (Å²) in [4.78, 5) is 16.7. The smallest absolute Gasteiger partial charge is 0.253 e. The third kappa shape index (κ3) is 3.17. The van der Waals surface area contributed by atoms with Gasteiger partial charge in [-0.3, -0.25) is 4.79 Å². The highest BCUT2D eigenvalue weighted by molar-refractivity contribution is 9.10. The van der Waals surface area contributed by atoms with Crippen molar-refractivity contribution in [2.24, 2.45) is 0 Å². The Morgan fingerprint density at radius 3 is 2.32 bits per heavy atom. The highest BCUT2D eigenvalue weighted by Gasteiger charge is 2.23. The number of aryl methyl sites for hydroxylation is 1. The molecule has 0 unspecified atom stereocenters. The van der Waals surface area contributed by atoms with Crippen LogP contribution in [0.4, 0.5) is 5.69 Å². The fraction of sp³-hybridized carbons (Fsp3) is 0.278. The molecule has 0 aromatic heterocycles. The first-order chi connectivity index (χ1) is 10.6. The predicted molar refractivity (Wildman–Crippen MR) is 93.4 cm³/mol. The standard InChI is InChI=1S/C18H19BrN2O/c1-14-7-8-17(16(19)13-14)20-9-11-21(12-10-20)18(22)15-5-3-2-4-6-15/h2-8,13H,9-12H2,1H3. The molecule has 2 aromatic carbocycles. The number of carbonyl (C=O) groups is 1. The molecule has 2 aromatic rings. The Labute approximate surface area is 139 Å². The highest BCUT2D eigenvalue weighted by Crippen LogP contribution is 2.28. The average Bonchev–Trinajstić information content (AvgIpc) is 2.55. The third-order valence-electron chi connectivity index (χ3n) is 4.03. The SMILES string of the molecule is Cc1ccc(N2CCN(C(=O)c3ccccc3)CC2)c(Br)c1. The van der Waals surface area contributed by atoms with Crippen LogP contribution in [0, 0.1) is 6.92 Å². The molecular weight excluding hydrogens is 340 g/mol. The Morgan fingerprint density at radius 2 is 1.68 bits per heavy atom. The van der Waals surface area contributed by atoms with E-state index >= 15 is 0 Å². The first-order valence-electron chi connectivity index (χ1n) is 7.50. The van der Waals surface area contributed by atoms with Crippen molar-refractivity contribution in [3.8, 4) is 0 Å². The number of nitrogens with zero attached hydrogens (tertiary/aromatic N) is 2. The minimum Gasteiger partial charge on any atom is -0.367 e. The summed E-state index contributed by atoms with van der Waals surface area (Å²) >= 11 is 3.64. The molecule has 22 heavy (non-hydrogen) atoms. The normalized spacial score (nSPS) is 15.0. The van der Waals surface area contributed by atoms with Gasteiger partial charge in [0.25, 0.3) is 5.91 Å². The molecule has 114 valence electrons. The van der Waals surface area contributed by atoms with E-state index in [4.69, 9.17) is 0 Å². The molecule has 1 saturated heterocycles. The maximum absolute atomic E-state index is 12.5. The van der Waals surface area contributed by atoms with Crippen LogP contribution in [0.15, 0.2) is 53.0 Å². The van der Waals surface area contributed by atoms with E-state index in [1.54, 1.807) is 0 Å². The number of carbonyl (C=O) groups excluding carboxylic acids is 1. The van der Waals surface area contributed by atoms with Crippen molar-refractivity contribution in [3.05, 3.63) is 64.1 Å². The van der Waals surface area contributed by atoms with Crippen LogP contribution >= 0.6 is 15.9 Å². The first kappa shape index (κ1) is 15.1. The molecule has 3 rings (SSSR count). The Morgan fingerprint density at radius 1 is 1.00 bits per heavy atom. The van der Waals surface area contributed by atoms with Crippen molar-refractivity contribution in [3.63, 3.8) is 0 Å². The quantitative estimate of drug-likeness (QED) is 0.816. The van der Waals surface area contributed by atoms with Crippen LogP contribution in [0.5, 0.6) is 0 Å². The molecule has 0 saturated carbocycles. The molecule has 1 aliphatic rings. The van der Waals surface area contributed by atoms with Gasteiger partial charge in [-0.1, -0.05) is 24.3 Å². The van der Waals surface area contributed by atoms with Gasteiger partial charge < -0.3 is 9.80 Å². The summed E-state index contributed by atoms with van der Waals surface area (Å²) in [5, 5.41) is 0. The Bertz CT molecular complexity index is 664. The summed E-state index contributed by atoms with van der Waals surface area (Å²) in [5.74, 6) is 0.128. The predicted octanol–water partition coefficient (Wildman–Crippen LogP) is 3.72. The van der Waals surface area contributed by atoms with Crippen LogP contribution in [-0.2, 0) is 0 Å². The van der Waals surface area contributed by atoms with Gasteiger partial charge in [-0.25, -0.2) is 0 Å². The lowest BCUT2D eigenvalue weighted by Gasteiger charge is -2.36. The topological polar surface area (TPSA) is 23.6 Å². The second-order valence-electron chi connectivity index (χ2n) is 5.60. The fourth-order valence-electron chi connectivity index (χ4n) is 2.78.